The number of rotatable bonds is 12. The minimum absolute atomic E-state index is 0.164. The minimum Gasteiger partial charge on any atom is -0.377 e. The predicted octanol–water partition coefficient (Wildman–Crippen LogP) is 9.13. The van der Waals surface area contributed by atoms with Crippen molar-refractivity contribution in [1.82, 2.24) is 0 Å². The highest BCUT2D eigenvalue weighted by molar-refractivity contribution is 5.64. The third-order valence-corrected chi connectivity index (χ3v) is 7.73. The summed E-state index contributed by atoms with van der Waals surface area (Å²) in [4.78, 5) is 0. The molecular weight excluding hydrogens is 443 g/mol. The van der Waals surface area contributed by atoms with Gasteiger partial charge in [0.1, 0.15) is 5.82 Å². The van der Waals surface area contributed by atoms with Crippen LogP contribution in [0.3, 0.4) is 0 Å². The van der Waals surface area contributed by atoms with Gasteiger partial charge in [-0.05, 0) is 104 Å². The second-order valence-corrected chi connectivity index (χ2v) is 10.4. The van der Waals surface area contributed by atoms with Crippen molar-refractivity contribution in [2.45, 2.75) is 71.3 Å². The first-order chi connectivity index (χ1) is 17.6. The molecule has 1 aliphatic rings. The van der Waals surface area contributed by atoms with E-state index in [1.165, 1.54) is 60.8 Å². The Labute approximate surface area is 217 Å². The summed E-state index contributed by atoms with van der Waals surface area (Å²) in [5.74, 6) is 1.46. The van der Waals surface area contributed by atoms with Gasteiger partial charge in [0.25, 0.3) is 0 Å². The molecule has 1 nitrogen and oxygen atoms in total. The van der Waals surface area contributed by atoms with Crippen molar-refractivity contribution in [2.24, 2.45) is 11.8 Å². The lowest BCUT2D eigenvalue weighted by Gasteiger charge is -2.26. The van der Waals surface area contributed by atoms with Crippen LogP contribution in [0, 0.1) is 17.7 Å². The highest BCUT2D eigenvalue weighted by Crippen LogP contribution is 2.32. The largest absolute Gasteiger partial charge is 0.377 e. The highest BCUT2D eigenvalue weighted by atomic mass is 19.1. The maximum atomic E-state index is 14.4. The van der Waals surface area contributed by atoms with E-state index in [0.29, 0.717) is 18.8 Å². The molecule has 1 saturated carbocycles. The number of benzene rings is 3. The first kappa shape index (κ1) is 26.4. The van der Waals surface area contributed by atoms with Crippen LogP contribution >= 0.6 is 0 Å². The van der Waals surface area contributed by atoms with Crippen molar-refractivity contribution in [3.05, 3.63) is 107 Å². The maximum absolute atomic E-state index is 14.4. The Morgan fingerprint density at radius 3 is 1.97 bits per heavy atom. The van der Waals surface area contributed by atoms with Crippen molar-refractivity contribution >= 4 is 0 Å². The number of allylic oxidation sites excluding steroid dienone is 1. The van der Waals surface area contributed by atoms with Gasteiger partial charge in [-0.3, -0.25) is 0 Å². The lowest BCUT2D eigenvalue weighted by Crippen LogP contribution is -2.13. The van der Waals surface area contributed by atoms with Crippen molar-refractivity contribution in [3.8, 4) is 11.1 Å². The molecule has 4 rings (SSSR count). The molecule has 0 aliphatic heterocycles. The van der Waals surface area contributed by atoms with Gasteiger partial charge in [-0.15, -0.1) is 6.58 Å². The molecule has 0 amide bonds. The van der Waals surface area contributed by atoms with Crippen LogP contribution in [0.5, 0.6) is 0 Å². The van der Waals surface area contributed by atoms with Crippen LogP contribution in [-0.2, 0) is 30.6 Å². The number of hydrogen-bond donors (Lipinski definition) is 0. The predicted molar refractivity (Wildman–Crippen MR) is 150 cm³/mol. The molecule has 2 heteroatoms. The van der Waals surface area contributed by atoms with Gasteiger partial charge in [0, 0.05) is 12.2 Å². The monoisotopic (exact) mass is 484 g/mol. The van der Waals surface area contributed by atoms with E-state index in [1.807, 2.05) is 12.1 Å². The van der Waals surface area contributed by atoms with E-state index < -0.39 is 0 Å². The molecule has 0 aromatic heterocycles. The molecule has 0 heterocycles. The number of hydrogen-bond acceptors (Lipinski definition) is 1. The Hall–Kier alpha value is -2.71. The molecule has 36 heavy (non-hydrogen) atoms. The summed E-state index contributed by atoms with van der Waals surface area (Å²) in [6.07, 6.45) is 12.7. The zero-order valence-corrected chi connectivity index (χ0v) is 21.9. The second kappa shape index (κ2) is 13.6. The summed E-state index contributed by atoms with van der Waals surface area (Å²) in [5.41, 5.74) is 6.89. The summed E-state index contributed by atoms with van der Waals surface area (Å²) in [6, 6.07) is 23.5. The molecule has 0 atom stereocenters. The van der Waals surface area contributed by atoms with E-state index in [0.717, 1.165) is 36.7 Å². The minimum atomic E-state index is -0.164. The fourth-order valence-electron chi connectivity index (χ4n) is 5.29. The summed E-state index contributed by atoms with van der Waals surface area (Å²) in [7, 11) is 0. The van der Waals surface area contributed by atoms with Gasteiger partial charge >= 0.3 is 0 Å². The van der Waals surface area contributed by atoms with Crippen LogP contribution in [0.4, 0.5) is 4.39 Å². The summed E-state index contributed by atoms with van der Waals surface area (Å²) >= 11 is 0. The Kier molecular flexibility index (Phi) is 9.93. The first-order valence-electron chi connectivity index (χ1n) is 13.8. The van der Waals surface area contributed by atoms with Gasteiger partial charge in [-0.25, -0.2) is 4.39 Å². The van der Waals surface area contributed by atoms with Crippen molar-refractivity contribution in [2.75, 3.05) is 6.61 Å². The zero-order valence-electron chi connectivity index (χ0n) is 21.9. The molecule has 190 valence electrons. The molecule has 0 spiro atoms. The van der Waals surface area contributed by atoms with Crippen LogP contribution in [0.2, 0.25) is 0 Å². The van der Waals surface area contributed by atoms with Crippen molar-refractivity contribution in [1.29, 1.82) is 0 Å². The highest BCUT2D eigenvalue weighted by Gasteiger charge is 2.18. The van der Waals surface area contributed by atoms with E-state index in [9.17, 15) is 4.39 Å². The number of ether oxygens (including phenoxy) is 1. The fraction of sp³-hybridized carbons (Fsp3) is 0.412. The van der Waals surface area contributed by atoms with Gasteiger partial charge in [-0.1, -0.05) is 73.7 Å². The normalized spacial score (nSPS) is 17.7. The maximum Gasteiger partial charge on any atom is 0.128 e. The average molecular weight is 485 g/mol. The van der Waals surface area contributed by atoms with Crippen LogP contribution in [-0.4, -0.2) is 6.61 Å². The van der Waals surface area contributed by atoms with Gasteiger partial charge < -0.3 is 4.74 Å². The Bertz CT molecular complexity index is 1080. The Morgan fingerprint density at radius 1 is 0.806 bits per heavy atom. The third kappa shape index (κ3) is 7.64. The van der Waals surface area contributed by atoms with Crippen LogP contribution in [0.25, 0.3) is 11.1 Å². The first-order valence-corrected chi connectivity index (χ1v) is 13.8. The molecule has 3 aromatic carbocycles. The molecule has 1 fully saturated rings. The smallest absolute Gasteiger partial charge is 0.128 e. The molecule has 1 aliphatic carbocycles. The van der Waals surface area contributed by atoms with E-state index in [-0.39, 0.29) is 5.82 Å². The van der Waals surface area contributed by atoms with Crippen LogP contribution in [0.1, 0.15) is 67.7 Å². The summed E-state index contributed by atoms with van der Waals surface area (Å²) in [6.45, 7) is 7.03. The topological polar surface area (TPSA) is 9.23 Å². The molecule has 0 radical (unpaired) electrons. The average Bonchev–Trinajstić information content (AvgIpc) is 2.93. The van der Waals surface area contributed by atoms with E-state index in [2.05, 4.69) is 68.1 Å². The van der Waals surface area contributed by atoms with E-state index in [4.69, 9.17) is 4.74 Å². The van der Waals surface area contributed by atoms with Crippen molar-refractivity contribution < 1.29 is 9.13 Å². The van der Waals surface area contributed by atoms with Gasteiger partial charge in [-0.2, -0.15) is 0 Å². The lowest BCUT2D eigenvalue weighted by molar-refractivity contribution is 0.119. The lowest BCUT2D eigenvalue weighted by atomic mass is 9.79. The zero-order chi connectivity index (χ0) is 25.2. The van der Waals surface area contributed by atoms with Gasteiger partial charge in [0.15, 0.2) is 0 Å². The standard InChI is InChI=1S/C34H41FO/c1-3-23-36-25-33-22-17-30(24-34(33)35)12-11-29-15-20-32(21-16-29)31-18-13-28(14-19-31)10-9-27-7-5-26(4-2)6-8-27/h4,13-22,24,26-27H,2-3,5-12,23,25H2,1H3. The molecular formula is C34H41FO. The number of aryl methyl sites for hydroxylation is 3. The Morgan fingerprint density at radius 2 is 1.39 bits per heavy atom. The van der Waals surface area contributed by atoms with E-state index >= 15 is 0 Å². The quantitative estimate of drug-likeness (QED) is 0.184. The van der Waals surface area contributed by atoms with Crippen LogP contribution < -0.4 is 0 Å². The van der Waals surface area contributed by atoms with Crippen LogP contribution in [0.15, 0.2) is 79.4 Å². The summed E-state index contributed by atoms with van der Waals surface area (Å²) < 4.78 is 19.8. The molecule has 3 aromatic rings. The molecule has 0 N–H and O–H groups in total. The van der Waals surface area contributed by atoms with Gasteiger partial charge in [0.2, 0.25) is 0 Å². The molecule has 0 unspecified atom stereocenters. The second-order valence-electron chi connectivity index (χ2n) is 10.4. The van der Waals surface area contributed by atoms with Crippen molar-refractivity contribution in [3.63, 3.8) is 0 Å². The third-order valence-electron chi connectivity index (χ3n) is 7.73. The number of halogens is 1. The fourth-order valence-corrected chi connectivity index (χ4v) is 5.29. The Balaban J connectivity index is 1.25. The summed E-state index contributed by atoms with van der Waals surface area (Å²) in [5, 5.41) is 0. The van der Waals surface area contributed by atoms with E-state index in [1.54, 1.807) is 6.07 Å². The molecule has 0 bridgehead atoms. The van der Waals surface area contributed by atoms with Gasteiger partial charge in [0.05, 0.1) is 6.61 Å². The molecule has 0 saturated heterocycles. The SMILES string of the molecule is C=CC1CCC(CCc2ccc(-c3ccc(CCc4ccc(COCCC)c(F)c4)cc3)cc2)CC1.